The number of ether oxygens (including phenoxy) is 5. The number of carbonyl (C=O) groups is 4. The number of aromatic hydroxyl groups is 1. The van der Waals surface area contributed by atoms with Crippen molar-refractivity contribution in [2.24, 2.45) is 0 Å². The molecular formula is C20H24O10. The fourth-order valence-corrected chi connectivity index (χ4v) is 3.16. The summed E-state index contributed by atoms with van der Waals surface area (Å²) in [6.45, 7) is 4.38. The van der Waals surface area contributed by atoms with E-state index in [1.807, 2.05) is 0 Å². The van der Waals surface area contributed by atoms with Crippen LogP contribution in [-0.2, 0) is 42.9 Å². The van der Waals surface area contributed by atoms with Crippen molar-refractivity contribution in [2.45, 2.75) is 58.2 Å². The molecule has 1 saturated heterocycles. The Morgan fingerprint density at radius 2 is 1.30 bits per heavy atom. The largest absolute Gasteiger partial charge is 0.508 e. The molecule has 10 heteroatoms. The maximum atomic E-state index is 11.8. The number of benzene rings is 1. The average Bonchev–Trinajstić information content (AvgIpc) is 2.63. The molecule has 0 saturated carbocycles. The Kier molecular flexibility index (Phi) is 7.76. The van der Waals surface area contributed by atoms with E-state index in [9.17, 15) is 24.3 Å². The van der Waals surface area contributed by atoms with Gasteiger partial charge < -0.3 is 28.8 Å². The van der Waals surface area contributed by atoms with Crippen LogP contribution in [0.3, 0.4) is 0 Å². The monoisotopic (exact) mass is 424 g/mol. The van der Waals surface area contributed by atoms with E-state index in [0.29, 0.717) is 5.56 Å². The van der Waals surface area contributed by atoms with Gasteiger partial charge in [-0.05, 0) is 17.7 Å². The summed E-state index contributed by atoms with van der Waals surface area (Å²) < 4.78 is 27.1. The Hall–Kier alpha value is -3.14. The van der Waals surface area contributed by atoms with E-state index in [0.717, 1.165) is 13.8 Å². The first kappa shape index (κ1) is 23.1. The summed E-state index contributed by atoms with van der Waals surface area (Å²) in [4.78, 5) is 46.5. The topological polar surface area (TPSA) is 135 Å². The molecule has 1 heterocycles. The zero-order chi connectivity index (χ0) is 22.4. The molecular weight excluding hydrogens is 400 g/mol. The number of hydrogen-bond acceptors (Lipinski definition) is 10. The first-order valence-electron chi connectivity index (χ1n) is 9.18. The second kappa shape index (κ2) is 10.1. The van der Waals surface area contributed by atoms with Crippen LogP contribution < -0.4 is 0 Å². The van der Waals surface area contributed by atoms with Gasteiger partial charge in [-0.1, -0.05) is 12.1 Å². The van der Waals surface area contributed by atoms with Crippen LogP contribution in [0, 0.1) is 0 Å². The first-order valence-corrected chi connectivity index (χ1v) is 9.18. The quantitative estimate of drug-likeness (QED) is 0.524. The van der Waals surface area contributed by atoms with Crippen molar-refractivity contribution in [1.82, 2.24) is 0 Å². The minimum Gasteiger partial charge on any atom is -0.508 e. The van der Waals surface area contributed by atoms with Crippen LogP contribution in [-0.4, -0.2) is 60.0 Å². The predicted octanol–water partition coefficient (Wildman–Crippen LogP) is 1.19. The van der Waals surface area contributed by atoms with E-state index in [2.05, 4.69) is 0 Å². The number of esters is 4. The van der Waals surface area contributed by atoms with Crippen molar-refractivity contribution < 1.29 is 48.0 Å². The molecule has 0 amide bonds. The van der Waals surface area contributed by atoms with E-state index in [4.69, 9.17) is 23.7 Å². The molecule has 1 N–H and O–H groups in total. The molecule has 1 aliphatic rings. The number of hydrogen-bond donors (Lipinski definition) is 1. The lowest BCUT2D eigenvalue weighted by Gasteiger charge is -2.44. The fourth-order valence-electron chi connectivity index (χ4n) is 3.16. The lowest BCUT2D eigenvalue weighted by molar-refractivity contribution is -0.254. The highest BCUT2D eigenvalue weighted by atomic mass is 16.7. The molecule has 5 atom stereocenters. The molecule has 10 nitrogen and oxygen atoms in total. The van der Waals surface area contributed by atoms with Crippen LogP contribution in [0.5, 0.6) is 5.75 Å². The summed E-state index contributed by atoms with van der Waals surface area (Å²) in [5.41, 5.74) is 0.491. The van der Waals surface area contributed by atoms with Crippen molar-refractivity contribution in [3.8, 4) is 5.75 Å². The molecule has 1 aromatic rings. The number of carbonyl (C=O) groups excluding carboxylic acids is 4. The van der Waals surface area contributed by atoms with Crippen LogP contribution in [0.4, 0.5) is 0 Å². The van der Waals surface area contributed by atoms with Crippen LogP contribution in [0.2, 0.25) is 0 Å². The van der Waals surface area contributed by atoms with E-state index < -0.39 is 54.4 Å². The summed E-state index contributed by atoms with van der Waals surface area (Å²) in [6, 6.07) is 5.89. The van der Waals surface area contributed by atoms with Gasteiger partial charge in [0.15, 0.2) is 18.3 Å². The molecule has 0 aliphatic carbocycles. The van der Waals surface area contributed by atoms with Gasteiger partial charge in [-0.2, -0.15) is 0 Å². The minimum absolute atomic E-state index is 0.00406. The molecule has 3 unspecified atom stereocenters. The predicted molar refractivity (Wildman–Crippen MR) is 99.0 cm³/mol. The molecule has 1 fully saturated rings. The van der Waals surface area contributed by atoms with Gasteiger partial charge in [0.25, 0.3) is 0 Å². The van der Waals surface area contributed by atoms with Crippen molar-refractivity contribution in [3.05, 3.63) is 29.8 Å². The van der Waals surface area contributed by atoms with Gasteiger partial charge in [-0.3, -0.25) is 19.2 Å². The molecule has 1 aliphatic heterocycles. The summed E-state index contributed by atoms with van der Waals surface area (Å²) in [5.74, 6) is -2.66. The second-order valence-corrected chi connectivity index (χ2v) is 6.71. The Morgan fingerprint density at radius 3 is 1.80 bits per heavy atom. The van der Waals surface area contributed by atoms with E-state index in [1.54, 1.807) is 0 Å². The van der Waals surface area contributed by atoms with Gasteiger partial charge in [-0.15, -0.1) is 0 Å². The number of rotatable bonds is 6. The summed E-state index contributed by atoms with van der Waals surface area (Å²) in [7, 11) is 0. The van der Waals surface area contributed by atoms with Crippen LogP contribution >= 0.6 is 0 Å². The van der Waals surface area contributed by atoms with Crippen molar-refractivity contribution in [3.63, 3.8) is 0 Å². The molecule has 0 radical (unpaired) electrons. The summed E-state index contributed by atoms with van der Waals surface area (Å²) in [5, 5.41) is 9.57. The van der Waals surface area contributed by atoms with Crippen molar-refractivity contribution in [2.75, 3.05) is 6.61 Å². The molecule has 2 rings (SSSR count). The fraction of sp³-hybridized carbons (Fsp3) is 0.500. The third kappa shape index (κ3) is 6.18. The van der Waals surface area contributed by atoms with Gasteiger partial charge in [0.05, 0.1) is 0 Å². The van der Waals surface area contributed by atoms with Crippen LogP contribution in [0.15, 0.2) is 24.3 Å². The lowest BCUT2D eigenvalue weighted by atomic mass is 9.90. The SMILES string of the molecule is CC(=O)OCC1O[C@@H](c2ccc(O)cc2)C(OC(C)=O)C(OC(C)=O)[C@@H]1OC(C)=O. The van der Waals surface area contributed by atoms with Gasteiger partial charge in [0.1, 0.15) is 24.6 Å². The van der Waals surface area contributed by atoms with Crippen molar-refractivity contribution in [1.29, 1.82) is 0 Å². The highest BCUT2D eigenvalue weighted by Crippen LogP contribution is 2.38. The number of phenolic OH excluding ortho intramolecular Hbond substituents is 1. The number of phenols is 1. The third-order valence-electron chi connectivity index (χ3n) is 4.21. The third-order valence-corrected chi connectivity index (χ3v) is 4.21. The average molecular weight is 424 g/mol. The van der Waals surface area contributed by atoms with Gasteiger partial charge >= 0.3 is 23.9 Å². The minimum atomic E-state index is -1.23. The van der Waals surface area contributed by atoms with Gasteiger partial charge in [-0.25, -0.2) is 0 Å². The summed E-state index contributed by atoms with van der Waals surface area (Å²) in [6.07, 6.45) is -5.60. The van der Waals surface area contributed by atoms with E-state index >= 15 is 0 Å². The van der Waals surface area contributed by atoms with E-state index in [-0.39, 0.29) is 12.4 Å². The smallest absolute Gasteiger partial charge is 0.303 e. The highest BCUT2D eigenvalue weighted by Gasteiger charge is 2.52. The standard InChI is InChI=1S/C20H24O10/c1-10(21)26-9-16-18(27-11(2)22)20(29-13(4)24)19(28-12(3)23)17(30-16)14-5-7-15(25)8-6-14/h5-8,16-20,25H,9H2,1-4H3/t16?,17-,18+,19?,20?/m0/s1. The van der Waals surface area contributed by atoms with E-state index in [1.165, 1.54) is 38.1 Å². The highest BCUT2D eigenvalue weighted by molar-refractivity contribution is 5.68. The summed E-state index contributed by atoms with van der Waals surface area (Å²) >= 11 is 0. The molecule has 30 heavy (non-hydrogen) atoms. The lowest BCUT2D eigenvalue weighted by Crippen LogP contribution is -2.59. The van der Waals surface area contributed by atoms with Crippen molar-refractivity contribution >= 4 is 23.9 Å². The Bertz CT molecular complexity index is 787. The first-order chi connectivity index (χ1) is 14.1. The molecule has 0 spiro atoms. The Morgan fingerprint density at radius 1 is 0.800 bits per heavy atom. The van der Waals surface area contributed by atoms with Crippen LogP contribution in [0.25, 0.3) is 0 Å². The molecule has 0 bridgehead atoms. The molecule has 1 aromatic carbocycles. The van der Waals surface area contributed by atoms with Crippen LogP contribution in [0.1, 0.15) is 39.4 Å². The normalized spacial score (nSPS) is 25.7. The maximum absolute atomic E-state index is 11.8. The van der Waals surface area contributed by atoms with Gasteiger partial charge in [0.2, 0.25) is 0 Å². The second-order valence-electron chi connectivity index (χ2n) is 6.71. The Labute approximate surface area is 173 Å². The zero-order valence-corrected chi connectivity index (χ0v) is 17.0. The maximum Gasteiger partial charge on any atom is 0.303 e. The molecule has 164 valence electrons. The Balaban J connectivity index is 2.51. The molecule has 0 aromatic heterocycles. The van der Waals surface area contributed by atoms with Gasteiger partial charge in [0, 0.05) is 27.7 Å². The zero-order valence-electron chi connectivity index (χ0n) is 17.0.